The van der Waals surface area contributed by atoms with Crippen LogP contribution in [0.4, 0.5) is 14.5 Å². The molecule has 1 atom stereocenters. The molecule has 0 spiro atoms. The van der Waals surface area contributed by atoms with E-state index in [1.807, 2.05) is 0 Å². The van der Waals surface area contributed by atoms with Crippen LogP contribution in [0, 0.1) is 11.6 Å². The standard InChI is InChI=1S/C18H15F2NO3/c1-10(18(23)21-11-5-7-14(19)15(20)9-11)24-17-4-2-3-12-13(17)6-8-16(12)22/h2-5,7,9-10H,6,8H2,1H3,(H,21,23)/t10-/m0/s1. The van der Waals surface area contributed by atoms with E-state index < -0.39 is 23.6 Å². The van der Waals surface area contributed by atoms with Crippen molar-refractivity contribution in [3.63, 3.8) is 0 Å². The zero-order valence-electron chi connectivity index (χ0n) is 12.9. The Labute approximate surface area is 137 Å². The number of nitrogens with one attached hydrogen (secondary N) is 1. The number of rotatable bonds is 4. The lowest BCUT2D eigenvalue weighted by molar-refractivity contribution is -0.122. The summed E-state index contributed by atoms with van der Waals surface area (Å²) in [4.78, 5) is 23.9. The Morgan fingerprint density at radius 1 is 1.17 bits per heavy atom. The first-order valence-corrected chi connectivity index (χ1v) is 7.53. The van der Waals surface area contributed by atoms with Crippen molar-refractivity contribution in [2.75, 3.05) is 5.32 Å². The van der Waals surface area contributed by atoms with E-state index in [0.29, 0.717) is 24.2 Å². The molecule has 1 amide bonds. The highest BCUT2D eigenvalue weighted by atomic mass is 19.2. The number of anilines is 1. The normalized spacial score (nSPS) is 14.2. The number of amides is 1. The molecule has 0 aliphatic heterocycles. The van der Waals surface area contributed by atoms with Gasteiger partial charge in [-0.25, -0.2) is 8.78 Å². The molecule has 124 valence electrons. The number of benzene rings is 2. The molecule has 0 unspecified atom stereocenters. The first-order chi connectivity index (χ1) is 11.5. The maximum absolute atomic E-state index is 13.2. The average Bonchev–Trinajstić information content (AvgIpc) is 2.93. The molecule has 1 aliphatic carbocycles. The van der Waals surface area contributed by atoms with Gasteiger partial charge in [-0.1, -0.05) is 12.1 Å². The molecular weight excluding hydrogens is 316 g/mol. The predicted molar refractivity (Wildman–Crippen MR) is 84.2 cm³/mol. The van der Waals surface area contributed by atoms with Gasteiger partial charge in [0.2, 0.25) is 0 Å². The number of ketones is 1. The fraction of sp³-hybridized carbons (Fsp3) is 0.222. The summed E-state index contributed by atoms with van der Waals surface area (Å²) in [6.45, 7) is 1.55. The fourth-order valence-corrected chi connectivity index (χ4v) is 2.63. The molecule has 0 heterocycles. The second-order valence-electron chi connectivity index (χ2n) is 5.58. The fourth-order valence-electron chi connectivity index (χ4n) is 2.63. The number of carbonyl (C=O) groups is 2. The van der Waals surface area contributed by atoms with Gasteiger partial charge in [0.1, 0.15) is 5.75 Å². The van der Waals surface area contributed by atoms with Crippen LogP contribution in [-0.2, 0) is 11.2 Å². The summed E-state index contributed by atoms with van der Waals surface area (Å²) in [6, 6.07) is 8.26. The highest BCUT2D eigenvalue weighted by Gasteiger charge is 2.24. The van der Waals surface area contributed by atoms with Crippen LogP contribution in [0.3, 0.4) is 0 Å². The van der Waals surface area contributed by atoms with E-state index in [4.69, 9.17) is 4.74 Å². The second-order valence-corrected chi connectivity index (χ2v) is 5.58. The zero-order valence-corrected chi connectivity index (χ0v) is 12.9. The molecule has 6 heteroatoms. The van der Waals surface area contributed by atoms with Gasteiger partial charge >= 0.3 is 0 Å². The van der Waals surface area contributed by atoms with E-state index in [-0.39, 0.29) is 11.5 Å². The van der Waals surface area contributed by atoms with Crippen LogP contribution in [0.5, 0.6) is 5.75 Å². The Morgan fingerprint density at radius 3 is 2.71 bits per heavy atom. The third-order valence-electron chi connectivity index (χ3n) is 3.90. The number of ether oxygens (including phenoxy) is 1. The number of hydrogen-bond acceptors (Lipinski definition) is 3. The van der Waals surface area contributed by atoms with E-state index >= 15 is 0 Å². The molecule has 3 rings (SSSR count). The number of carbonyl (C=O) groups excluding carboxylic acids is 2. The summed E-state index contributed by atoms with van der Waals surface area (Å²) >= 11 is 0. The van der Waals surface area contributed by atoms with E-state index in [9.17, 15) is 18.4 Å². The smallest absolute Gasteiger partial charge is 0.265 e. The number of hydrogen-bond donors (Lipinski definition) is 1. The lowest BCUT2D eigenvalue weighted by Crippen LogP contribution is -2.30. The summed E-state index contributed by atoms with van der Waals surface area (Å²) in [5.74, 6) is -1.97. The Balaban J connectivity index is 1.71. The van der Waals surface area contributed by atoms with Crippen molar-refractivity contribution in [2.24, 2.45) is 0 Å². The SMILES string of the molecule is C[C@H](Oc1cccc2c1CCC2=O)C(=O)Nc1ccc(F)c(F)c1. The van der Waals surface area contributed by atoms with Gasteiger partial charge in [0.25, 0.3) is 5.91 Å². The minimum absolute atomic E-state index is 0.0642. The van der Waals surface area contributed by atoms with Crippen molar-refractivity contribution >= 4 is 17.4 Å². The molecule has 0 fully saturated rings. The maximum Gasteiger partial charge on any atom is 0.265 e. The Kier molecular flexibility index (Phi) is 4.29. The Bertz CT molecular complexity index is 820. The third kappa shape index (κ3) is 3.13. The van der Waals surface area contributed by atoms with Crippen LogP contribution in [0.25, 0.3) is 0 Å². The van der Waals surface area contributed by atoms with Gasteiger partial charge in [-0.3, -0.25) is 9.59 Å². The van der Waals surface area contributed by atoms with Crippen LogP contribution in [0.15, 0.2) is 36.4 Å². The summed E-state index contributed by atoms with van der Waals surface area (Å²) in [6.07, 6.45) is 0.160. The van der Waals surface area contributed by atoms with E-state index in [1.165, 1.54) is 6.07 Å². The van der Waals surface area contributed by atoms with Gasteiger partial charge in [0, 0.05) is 29.3 Å². The molecular formula is C18H15F2NO3. The first-order valence-electron chi connectivity index (χ1n) is 7.53. The maximum atomic E-state index is 13.2. The molecule has 1 N–H and O–H groups in total. The Hall–Kier alpha value is -2.76. The second kappa shape index (κ2) is 6.39. The van der Waals surface area contributed by atoms with E-state index in [0.717, 1.165) is 17.7 Å². The predicted octanol–water partition coefficient (Wildman–Crippen LogP) is 3.50. The van der Waals surface area contributed by atoms with Gasteiger partial charge in [0.15, 0.2) is 23.5 Å². The monoisotopic (exact) mass is 331 g/mol. The van der Waals surface area contributed by atoms with Crippen molar-refractivity contribution in [3.8, 4) is 5.75 Å². The average molecular weight is 331 g/mol. The lowest BCUT2D eigenvalue weighted by atomic mass is 10.1. The van der Waals surface area contributed by atoms with Crippen LogP contribution in [-0.4, -0.2) is 17.8 Å². The zero-order chi connectivity index (χ0) is 17.3. The number of Topliss-reactive ketones (excluding diaryl/α,β-unsaturated/α-hetero) is 1. The molecule has 0 saturated carbocycles. The van der Waals surface area contributed by atoms with Gasteiger partial charge in [-0.2, -0.15) is 0 Å². The Morgan fingerprint density at radius 2 is 1.96 bits per heavy atom. The lowest BCUT2D eigenvalue weighted by Gasteiger charge is -2.17. The topological polar surface area (TPSA) is 55.4 Å². The minimum Gasteiger partial charge on any atom is -0.481 e. The van der Waals surface area contributed by atoms with Gasteiger partial charge in [-0.15, -0.1) is 0 Å². The molecule has 2 aromatic carbocycles. The minimum atomic E-state index is -1.04. The number of fused-ring (bicyclic) bond motifs is 1. The summed E-state index contributed by atoms with van der Waals surface area (Å²) < 4.78 is 31.7. The molecule has 1 aliphatic rings. The van der Waals surface area contributed by atoms with Crippen molar-refractivity contribution in [1.82, 2.24) is 0 Å². The van der Waals surface area contributed by atoms with Gasteiger partial charge in [0.05, 0.1) is 0 Å². The summed E-state index contributed by atoms with van der Waals surface area (Å²) in [7, 11) is 0. The molecule has 2 aromatic rings. The van der Waals surface area contributed by atoms with Crippen molar-refractivity contribution in [2.45, 2.75) is 25.9 Å². The largest absolute Gasteiger partial charge is 0.481 e. The van der Waals surface area contributed by atoms with Crippen LogP contribution in [0.1, 0.15) is 29.3 Å². The van der Waals surface area contributed by atoms with Crippen LogP contribution < -0.4 is 10.1 Å². The van der Waals surface area contributed by atoms with E-state index in [2.05, 4.69) is 5.32 Å². The molecule has 0 aromatic heterocycles. The summed E-state index contributed by atoms with van der Waals surface area (Å²) in [5.41, 5.74) is 1.57. The highest BCUT2D eigenvalue weighted by Crippen LogP contribution is 2.31. The van der Waals surface area contributed by atoms with Gasteiger partial charge in [-0.05, 0) is 31.5 Å². The highest BCUT2D eigenvalue weighted by molar-refractivity contribution is 6.01. The molecule has 0 bridgehead atoms. The molecule has 0 saturated heterocycles. The molecule has 24 heavy (non-hydrogen) atoms. The van der Waals surface area contributed by atoms with Crippen molar-refractivity contribution < 1.29 is 23.1 Å². The van der Waals surface area contributed by atoms with E-state index in [1.54, 1.807) is 25.1 Å². The van der Waals surface area contributed by atoms with Gasteiger partial charge < -0.3 is 10.1 Å². The number of halogens is 2. The van der Waals surface area contributed by atoms with Crippen molar-refractivity contribution in [1.29, 1.82) is 0 Å². The molecule has 0 radical (unpaired) electrons. The van der Waals surface area contributed by atoms with Crippen LogP contribution in [0.2, 0.25) is 0 Å². The quantitative estimate of drug-likeness (QED) is 0.933. The first kappa shape index (κ1) is 16.1. The van der Waals surface area contributed by atoms with Crippen LogP contribution >= 0.6 is 0 Å². The third-order valence-corrected chi connectivity index (χ3v) is 3.90. The molecule has 4 nitrogen and oxygen atoms in total. The summed E-state index contributed by atoms with van der Waals surface area (Å²) in [5, 5.41) is 2.47. The van der Waals surface area contributed by atoms with Crippen molar-refractivity contribution in [3.05, 3.63) is 59.2 Å².